The Bertz CT molecular complexity index is 1210. The van der Waals surface area contributed by atoms with Gasteiger partial charge in [-0.05, 0) is 108 Å². The van der Waals surface area contributed by atoms with Gasteiger partial charge in [-0.1, -0.05) is 55.7 Å². The van der Waals surface area contributed by atoms with Gasteiger partial charge in [-0.3, -0.25) is 14.5 Å². The van der Waals surface area contributed by atoms with Crippen LogP contribution in [0.3, 0.4) is 0 Å². The van der Waals surface area contributed by atoms with Crippen LogP contribution < -0.4 is 10.6 Å². The van der Waals surface area contributed by atoms with Crippen molar-refractivity contribution in [2.24, 2.45) is 0 Å². The SMILES string of the molecule is CCCC[N+]1(CCCCCN2CCCCC2C(=O)Nc2c(C)cccc2C)CCCC1C(=O)Nc1c(C)cc(C)cc1C. The Balaban J connectivity index is 1.33. The molecular weight excluding hydrogens is 532 g/mol. The van der Waals surface area contributed by atoms with Crippen molar-refractivity contribution < 1.29 is 14.1 Å². The number of rotatable bonds is 13. The Morgan fingerprint density at radius 2 is 1.44 bits per heavy atom. The van der Waals surface area contributed by atoms with Crippen LogP contribution in [-0.2, 0) is 9.59 Å². The summed E-state index contributed by atoms with van der Waals surface area (Å²) in [5.41, 5.74) is 7.73. The predicted molar refractivity (Wildman–Crippen MR) is 180 cm³/mol. The first-order valence-corrected chi connectivity index (χ1v) is 17.0. The van der Waals surface area contributed by atoms with E-state index in [-0.39, 0.29) is 23.9 Å². The highest BCUT2D eigenvalue weighted by atomic mass is 16.2. The summed E-state index contributed by atoms with van der Waals surface area (Å²) in [6, 6.07) is 10.5. The van der Waals surface area contributed by atoms with E-state index in [1.807, 2.05) is 6.07 Å². The number of anilines is 2. The Kier molecular flexibility index (Phi) is 11.8. The molecule has 2 aromatic carbocycles. The first-order valence-electron chi connectivity index (χ1n) is 17.0. The van der Waals surface area contributed by atoms with Crippen LogP contribution in [0.25, 0.3) is 0 Å². The molecule has 0 spiro atoms. The summed E-state index contributed by atoms with van der Waals surface area (Å²) in [5, 5.41) is 6.63. The van der Waals surface area contributed by atoms with Gasteiger partial charge >= 0.3 is 0 Å². The molecule has 6 nitrogen and oxygen atoms in total. The molecule has 6 heteroatoms. The minimum atomic E-state index is -0.0453. The third kappa shape index (κ3) is 8.27. The molecule has 0 saturated carbocycles. The number of piperidine rings is 1. The number of hydrogen-bond donors (Lipinski definition) is 2. The zero-order valence-electron chi connectivity index (χ0n) is 27.9. The zero-order chi connectivity index (χ0) is 31.0. The van der Waals surface area contributed by atoms with Gasteiger partial charge in [0.15, 0.2) is 6.04 Å². The van der Waals surface area contributed by atoms with Crippen molar-refractivity contribution >= 4 is 23.2 Å². The Labute approximate surface area is 261 Å². The van der Waals surface area contributed by atoms with Gasteiger partial charge in [0, 0.05) is 24.2 Å². The minimum Gasteiger partial charge on any atom is -0.324 e. The van der Waals surface area contributed by atoms with Gasteiger partial charge in [0.1, 0.15) is 0 Å². The van der Waals surface area contributed by atoms with E-state index in [1.165, 1.54) is 12.0 Å². The third-order valence-electron chi connectivity index (χ3n) is 10.1. The average molecular weight is 590 g/mol. The smallest absolute Gasteiger partial charge is 0.282 e. The zero-order valence-corrected chi connectivity index (χ0v) is 27.9. The average Bonchev–Trinajstić information content (AvgIpc) is 3.39. The van der Waals surface area contributed by atoms with Gasteiger partial charge in [0.25, 0.3) is 5.91 Å². The molecule has 2 aliphatic heterocycles. The van der Waals surface area contributed by atoms with Gasteiger partial charge in [-0.15, -0.1) is 0 Å². The van der Waals surface area contributed by atoms with Gasteiger partial charge in [0.05, 0.1) is 25.7 Å². The molecule has 2 heterocycles. The summed E-state index contributed by atoms with van der Waals surface area (Å²) in [4.78, 5) is 29.6. The molecule has 3 unspecified atom stereocenters. The number of nitrogens with one attached hydrogen (secondary N) is 2. The number of hydrogen-bond acceptors (Lipinski definition) is 3. The highest BCUT2D eigenvalue weighted by Gasteiger charge is 2.45. The first kappa shape index (κ1) is 33.2. The number of carbonyl (C=O) groups excluding carboxylic acids is 2. The van der Waals surface area contributed by atoms with Crippen molar-refractivity contribution in [3.05, 3.63) is 58.1 Å². The number of amides is 2. The van der Waals surface area contributed by atoms with E-state index >= 15 is 0 Å². The lowest BCUT2D eigenvalue weighted by atomic mass is 10.00. The van der Waals surface area contributed by atoms with E-state index < -0.39 is 0 Å². The summed E-state index contributed by atoms with van der Waals surface area (Å²) < 4.78 is 0.939. The number of quaternary nitrogens is 1. The van der Waals surface area contributed by atoms with Crippen molar-refractivity contribution in [1.29, 1.82) is 0 Å². The molecule has 2 N–H and O–H groups in total. The molecular formula is C37H57N4O2+. The molecule has 0 bridgehead atoms. The van der Waals surface area contributed by atoms with E-state index in [0.717, 1.165) is 129 Å². The lowest BCUT2D eigenvalue weighted by Crippen LogP contribution is -2.57. The fraction of sp³-hybridized carbons (Fsp3) is 0.622. The van der Waals surface area contributed by atoms with Crippen molar-refractivity contribution in [3.63, 3.8) is 0 Å². The molecule has 43 heavy (non-hydrogen) atoms. The maximum Gasteiger partial charge on any atom is 0.282 e. The van der Waals surface area contributed by atoms with Crippen molar-refractivity contribution in [1.82, 2.24) is 4.90 Å². The molecule has 4 rings (SSSR count). The van der Waals surface area contributed by atoms with Crippen molar-refractivity contribution in [2.75, 3.05) is 43.4 Å². The van der Waals surface area contributed by atoms with Crippen LogP contribution in [0.15, 0.2) is 30.3 Å². The second-order valence-corrected chi connectivity index (χ2v) is 13.5. The molecule has 0 aliphatic carbocycles. The number of likely N-dealkylation sites (tertiary alicyclic amines) is 2. The number of nitrogens with zero attached hydrogens (tertiary/aromatic N) is 2. The van der Waals surface area contributed by atoms with Gasteiger partial charge in [0.2, 0.25) is 5.91 Å². The first-order chi connectivity index (χ1) is 20.6. The highest BCUT2D eigenvalue weighted by Crippen LogP contribution is 2.32. The largest absolute Gasteiger partial charge is 0.324 e. The summed E-state index contributed by atoms with van der Waals surface area (Å²) in [6.45, 7) is 17.9. The highest BCUT2D eigenvalue weighted by molar-refractivity contribution is 5.96. The standard InChI is InChI=1S/C37H56N4O2/c1-7-8-22-41(24-15-19-33(41)37(43)39-35-30(5)25-27(2)26-31(35)6)23-13-9-11-20-40-21-12-10-18-32(40)36(42)38-34-28(3)16-14-17-29(34)4/h14,16-17,25-26,32-33H,7-13,15,18-24H2,1-6H3,(H-,38,39,42,43)/p+1. The molecule has 2 aromatic rings. The van der Waals surface area contributed by atoms with Gasteiger partial charge in [-0.25, -0.2) is 0 Å². The van der Waals surface area contributed by atoms with E-state index in [0.29, 0.717) is 0 Å². The predicted octanol–water partition coefficient (Wildman–Crippen LogP) is 7.61. The number of unbranched alkanes of at least 4 members (excludes halogenated alkanes) is 3. The molecule has 2 saturated heterocycles. The molecule has 2 aliphatic rings. The second kappa shape index (κ2) is 15.3. The third-order valence-corrected chi connectivity index (χ3v) is 10.1. The minimum absolute atomic E-state index is 0.0340. The Morgan fingerprint density at radius 1 is 0.791 bits per heavy atom. The number of aryl methyl sites for hydroxylation is 5. The molecule has 3 atom stereocenters. The molecule has 236 valence electrons. The maximum absolute atomic E-state index is 13.8. The number of benzene rings is 2. The molecule has 0 aromatic heterocycles. The van der Waals surface area contributed by atoms with E-state index in [9.17, 15) is 9.59 Å². The van der Waals surface area contributed by atoms with Crippen LogP contribution in [0.1, 0.15) is 98.9 Å². The summed E-state index contributed by atoms with van der Waals surface area (Å²) in [5.74, 6) is 0.348. The lowest BCUT2D eigenvalue weighted by Gasteiger charge is -2.40. The van der Waals surface area contributed by atoms with Crippen LogP contribution in [0.5, 0.6) is 0 Å². The van der Waals surface area contributed by atoms with Crippen LogP contribution >= 0.6 is 0 Å². The van der Waals surface area contributed by atoms with Crippen LogP contribution in [0.4, 0.5) is 11.4 Å². The fourth-order valence-electron chi connectivity index (χ4n) is 7.80. The van der Waals surface area contributed by atoms with Crippen LogP contribution in [-0.4, -0.2) is 66.0 Å². The van der Waals surface area contributed by atoms with E-state index in [1.54, 1.807) is 0 Å². The van der Waals surface area contributed by atoms with E-state index in [2.05, 4.69) is 81.3 Å². The Hall–Kier alpha value is -2.70. The van der Waals surface area contributed by atoms with Gasteiger partial charge in [-0.2, -0.15) is 0 Å². The van der Waals surface area contributed by atoms with Crippen molar-refractivity contribution in [2.45, 2.75) is 118 Å². The molecule has 0 radical (unpaired) electrons. The van der Waals surface area contributed by atoms with Crippen LogP contribution in [0.2, 0.25) is 0 Å². The quantitative estimate of drug-likeness (QED) is 0.187. The summed E-state index contributed by atoms with van der Waals surface area (Å²) in [7, 11) is 0. The second-order valence-electron chi connectivity index (χ2n) is 13.5. The monoisotopic (exact) mass is 589 g/mol. The van der Waals surface area contributed by atoms with Crippen LogP contribution in [0, 0.1) is 34.6 Å². The summed E-state index contributed by atoms with van der Waals surface area (Å²) in [6.07, 6.45) is 11.0. The number of carbonyl (C=O) groups is 2. The Morgan fingerprint density at radius 3 is 2.14 bits per heavy atom. The topological polar surface area (TPSA) is 61.4 Å². The van der Waals surface area contributed by atoms with Gasteiger partial charge < -0.3 is 15.1 Å². The maximum atomic E-state index is 13.8. The normalized spacial score (nSPS) is 22.5. The molecule has 2 fully saturated rings. The fourth-order valence-corrected chi connectivity index (χ4v) is 7.80. The summed E-state index contributed by atoms with van der Waals surface area (Å²) >= 11 is 0. The van der Waals surface area contributed by atoms with E-state index in [4.69, 9.17) is 0 Å². The lowest BCUT2D eigenvalue weighted by molar-refractivity contribution is -0.931. The van der Waals surface area contributed by atoms with Crippen molar-refractivity contribution in [3.8, 4) is 0 Å². The number of para-hydroxylation sites is 1. The molecule has 2 amide bonds.